The summed E-state index contributed by atoms with van der Waals surface area (Å²) in [5.41, 5.74) is 6.14. The fraction of sp³-hybridized carbons (Fsp3) is 0.385. The van der Waals surface area contributed by atoms with Gasteiger partial charge in [0.2, 0.25) is 0 Å². The van der Waals surface area contributed by atoms with E-state index in [1.54, 1.807) is 12.1 Å². The molecule has 6 nitrogen and oxygen atoms in total. The molecule has 1 saturated heterocycles. The Balaban J connectivity index is 1.98. The lowest BCUT2D eigenvalue weighted by Crippen LogP contribution is -2.25. The van der Waals surface area contributed by atoms with Gasteiger partial charge >= 0.3 is 5.97 Å². The Kier molecular flexibility index (Phi) is 4.46. The van der Waals surface area contributed by atoms with E-state index >= 15 is 0 Å². The Morgan fingerprint density at radius 3 is 2.80 bits per heavy atom. The molecule has 1 fully saturated rings. The second-order valence-corrected chi connectivity index (χ2v) is 5.03. The molecule has 1 aromatic rings. The van der Waals surface area contributed by atoms with Gasteiger partial charge in [0.1, 0.15) is 0 Å². The number of nitrogens with one attached hydrogen (secondary N) is 1. The van der Waals surface area contributed by atoms with Crippen molar-refractivity contribution in [1.82, 2.24) is 0 Å². The molecule has 0 bridgehead atoms. The van der Waals surface area contributed by atoms with Gasteiger partial charge in [-0.3, -0.25) is 4.79 Å². The second kappa shape index (κ2) is 6.11. The van der Waals surface area contributed by atoms with Crippen LogP contribution >= 0.6 is 11.6 Å². The molecule has 1 aromatic carbocycles. The highest BCUT2D eigenvalue weighted by Crippen LogP contribution is 2.23. The number of primary amides is 1. The number of halogens is 1. The van der Waals surface area contributed by atoms with Crippen molar-refractivity contribution >= 4 is 29.2 Å². The standard InChI is InChI=1S/C13H15ClN2O4/c14-7-1-3-10(9(5-7)12(15)17)16-6-8-2-4-11(20-8)13(18)19/h1,3,5,8,11,16H,2,4,6H2,(H2,15,17)(H,18,19). The van der Waals surface area contributed by atoms with Gasteiger partial charge < -0.3 is 20.9 Å². The van der Waals surface area contributed by atoms with Gasteiger partial charge in [-0.25, -0.2) is 4.79 Å². The fourth-order valence-electron chi connectivity index (χ4n) is 2.14. The summed E-state index contributed by atoms with van der Waals surface area (Å²) in [4.78, 5) is 22.1. The number of benzene rings is 1. The summed E-state index contributed by atoms with van der Waals surface area (Å²) in [6, 6.07) is 4.79. The van der Waals surface area contributed by atoms with Gasteiger partial charge in [0.25, 0.3) is 5.91 Å². The highest BCUT2D eigenvalue weighted by molar-refractivity contribution is 6.31. The zero-order valence-electron chi connectivity index (χ0n) is 10.6. The van der Waals surface area contributed by atoms with E-state index in [2.05, 4.69) is 5.32 Å². The highest BCUT2D eigenvalue weighted by atomic mass is 35.5. The SMILES string of the molecule is NC(=O)c1cc(Cl)ccc1NCC1CCC(C(=O)O)O1. The number of carboxylic acids is 1. The number of hydrogen-bond acceptors (Lipinski definition) is 4. The van der Waals surface area contributed by atoms with E-state index in [1.165, 1.54) is 6.07 Å². The first-order valence-electron chi connectivity index (χ1n) is 6.19. The minimum absolute atomic E-state index is 0.201. The van der Waals surface area contributed by atoms with Gasteiger partial charge in [0.15, 0.2) is 6.10 Å². The molecule has 2 rings (SSSR count). The third kappa shape index (κ3) is 3.40. The molecule has 0 saturated carbocycles. The third-order valence-electron chi connectivity index (χ3n) is 3.15. The van der Waals surface area contributed by atoms with E-state index in [0.29, 0.717) is 35.7 Å². The molecule has 2 atom stereocenters. The lowest BCUT2D eigenvalue weighted by Gasteiger charge is -2.15. The van der Waals surface area contributed by atoms with E-state index in [0.717, 1.165) is 0 Å². The zero-order chi connectivity index (χ0) is 14.7. The molecular weight excluding hydrogens is 284 g/mol. The van der Waals surface area contributed by atoms with Gasteiger partial charge in [-0.05, 0) is 31.0 Å². The number of carbonyl (C=O) groups is 2. The number of carboxylic acid groups (broad SMARTS) is 1. The molecule has 0 aromatic heterocycles. The number of rotatable bonds is 5. The van der Waals surface area contributed by atoms with Crippen LogP contribution in [0, 0.1) is 0 Å². The normalized spacial score (nSPS) is 21.6. The van der Waals surface area contributed by atoms with Crippen molar-refractivity contribution in [2.24, 2.45) is 5.73 Å². The van der Waals surface area contributed by atoms with Gasteiger partial charge in [-0.1, -0.05) is 11.6 Å². The minimum atomic E-state index is -0.947. The topological polar surface area (TPSA) is 102 Å². The second-order valence-electron chi connectivity index (χ2n) is 4.60. The Labute approximate surface area is 120 Å². The summed E-state index contributed by atoms with van der Waals surface area (Å²) in [6.45, 7) is 0.408. The smallest absolute Gasteiger partial charge is 0.332 e. The minimum Gasteiger partial charge on any atom is -0.479 e. The zero-order valence-corrected chi connectivity index (χ0v) is 11.4. The predicted molar refractivity (Wildman–Crippen MR) is 74.0 cm³/mol. The summed E-state index contributed by atoms with van der Waals surface area (Å²) >= 11 is 5.82. The first-order chi connectivity index (χ1) is 9.47. The van der Waals surface area contributed by atoms with E-state index in [1.807, 2.05) is 0 Å². The molecule has 4 N–H and O–H groups in total. The molecule has 7 heteroatoms. The number of carbonyl (C=O) groups excluding carboxylic acids is 1. The number of amides is 1. The number of ether oxygens (including phenoxy) is 1. The van der Waals surface area contributed by atoms with E-state index in [4.69, 9.17) is 27.2 Å². The van der Waals surface area contributed by atoms with Crippen LogP contribution in [0.15, 0.2) is 18.2 Å². The Morgan fingerprint density at radius 1 is 1.45 bits per heavy atom. The van der Waals surface area contributed by atoms with Gasteiger partial charge in [-0.15, -0.1) is 0 Å². The van der Waals surface area contributed by atoms with Crippen molar-refractivity contribution in [3.63, 3.8) is 0 Å². The quantitative estimate of drug-likeness (QED) is 0.764. The maximum absolute atomic E-state index is 11.3. The first kappa shape index (κ1) is 14.6. The van der Waals surface area contributed by atoms with Crippen LogP contribution in [0.2, 0.25) is 5.02 Å². The summed E-state index contributed by atoms with van der Waals surface area (Å²) in [5.74, 6) is -1.53. The average Bonchev–Trinajstić information content (AvgIpc) is 2.86. The van der Waals surface area contributed by atoms with Crippen LogP contribution in [-0.2, 0) is 9.53 Å². The highest BCUT2D eigenvalue weighted by Gasteiger charge is 2.30. The van der Waals surface area contributed by atoms with Crippen molar-refractivity contribution in [1.29, 1.82) is 0 Å². The van der Waals surface area contributed by atoms with Gasteiger partial charge in [0.05, 0.1) is 11.7 Å². The summed E-state index contributed by atoms with van der Waals surface area (Å²) in [5, 5.41) is 12.3. The van der Waals surface area contributed by atoms with Crippen LogP contribution in [0.3, 0.4) is 0 Å². The van der Waals surface area contributed by atoms with Crippen molar-refractivity contribution in [3.8, 4) is 0 Å². The fourth-order valence-corrected chi connectivity index (χ4v) is 2.31. The van der Waals surface area contributed by atoms with Gasteiger partial charge in [-0.2, -0.15) is 0 Å². The number of anilines is 1. The first-order valence-corrected chi connectivity index (χ1v) is 6.56. The molecule has 0 aliphatic carbocycles. The van der Waals surface area contributed by atoms with Gasteiger partial charge in [0, 0.05) is 17.3 Å². The predicted octanol–water partition coefficient (Wildman–Crippen LogP) is 1.48. The molecule has 20 heavy (non-hydrogen) atoms. The molecule has 0 radical (unpaired) electrons. The van der Waals surface area contributed by atoms with Crippen molar-refractivity contribution in [2.75, 3.05) is 11.9 Å². The van der Waals surface area contributed by atoms with E-state index in [-0.39, 0.29) is 6.10 Å². The molecule has 0 spiro atoms. The van der Waals surface area contributed by atoms with Crippen LogP contribution in [0.1, 0.15) is 23.2 Å². The maximum Gasteiger partial charge on any atom is 0.332 e. The Morgan fingerprint density at radius 2 is 2.20 bits per heavy atom. The summed E-state index contributed by atoms with van der Waals surface area (Å²) < 4.78 is 5.36. The Hall–Kier alpha value is -1.79. The van der Waals surface area contributed by atoms with Crippen LogP contribution in [0.4, 0.5) is 5.69 Å². The number of nitrogens with two attached hydrogens (primary N) is 1. The lowest BCUT2D eigenvalue weighted by molar-refractivity contribution is -0.149. The molecule has 1 amide bonds. The molecule has 1 heterocycles. The molecule has 1 aliphatic heterocycles. The summed E-state index contributed by atoms with van der Waals surface area (Å²) in [6.07, 6.45) is 0.198. The molecule has 1 aliphatic rings. The maximum atomic E-state index is 11.3. The lowest BCUT2D eigenvalue weighted by atomic mass is 10.1. The van der Waals surface area contributed by atoms with E-state index < -0.39 is 18.0 Å². The molecule has 108 valence electrons. The monoisotopic (exact) mass is 298 g/mol. The molecule has 2 unspecified atom stereocenters. The van der Waals surface area contributed by atoms with Crippen LogP contribution in [-0.4, -0.2) is 35.7 Å². The Bertz CT molecular complexity index is 535. The van der Waals surface area contributed by atoms with Crippen molar-refractivity contribution in [3.05, 3.63) is 28.8 Å². The molecular formula is C13H15ClN2O4. The summed E-state index contributed by atoms with van der Waals surface area (Å²) in [7, 11) is 0. The van der Waals surface area contributed by atoms with E-state index in [9.17, 15) is 9.59 Å². The average molecular weight is 299 g/mol. The third-order valence-corrected chi connectivity index (χ3v) is 3.39. The van der Waals surface area contributed by atoms with Crippen LogP contribution in [0.25, 0.3) is 0 Å². The van der Waals surface area contributed by atoms with Crippen LogP contribution in [0.5, 0.6) is 0 Å². The number of aliphatic carboxylic acids is 1. The van der Waals surface area contributed by atoms with Crippen molar-refractivity contribution < 1.29 is 19.4 Å². The largest absolute Gasteiger partial charge is 0.479 e. The number of hydrogen-bond donors (Lipinski definition) is 3. The van der Waals surface area contributed by atoms with Crippen LogP contribution < -0.4 is 11.1 Å². The van der Waals surface area contributed by atoms with Crippen molar-refractivity contribution in [2.45, 2.75) is 25.0 Å².